The van der Waals surface area contributed by atoms with E-state index in [1.807, 2.05) is 19.5 Å². The van der Waals surface area contributed by atoms with Crippen molar-refractivity contribution in [3.05, 3.63) is 29.6 Å². The average molecular weight is 248 g/mol. The number of ether oxygens (including phenoxy) is 1. The van der Waals surface area contributed by atoms with Gasteiger partial charge in [-0.25, -0.2) is 0 Å². The third-order valence-electron chi connectivity index (χ3n) is 4.02. The number of aryl methyl sites for hydroxylation is 1. The summed E-state index contributed by atoms with van der Waals surface area (Å²) in [6.07, 6.45) is 8.58. The Labute approximate surface area is 110 Å². The van der Waals surface area contributed by atoms with Gasteiger partial charge in [0.05, 0.1) is 5.60 Å². The molecule has 1 aromatic rings. The molecular formula is C15H24N2O. The Kier molecular flexibility index (Phi) is 4.36. The van der Waals surface area contributed by atoms with Crippen LogP contribution in [0.1, 0.15) is 49.8 Å². The van der Waals surface area contributed by atoms with Crippen LogP contribution in [-0.4, -0.2) is 24.2 Å². The molecule has 0 aromatic carbocycles. The van der Waals surface area contributed by atoms with Crippen molar-refractivity contribution in [1.82, 2.24) is 10.3 Å². The van der Waals surface area contributed by atoms with Gasteiger partial charge in [0.15, 0.2) is 0 Å². The van der Waals surface area contributed by atoms with Crippen molar-refractivity contribution in [1.29, 1.82) is 0 Å². The second-order valence-electron chi connectivity index (χ2n) is 5.35. The highest BCUT2D eigenvalue weighted by Crippen LogP contribution is 2.41. The molecule has 1 unspecified atom stereocenters. The SMILES string of the molecule is CCNC(CC1(OC)CCC1)c1cncc(C)c1. The number of hydrogen-bond donors (Lipinski definition) is 1. The van der Waals surface area contributed by atoms with Crippen LogP contribution in [0.15, 0.2) is 18.5 Å². The Bertz CT molecular complexity index is 382. The molecule has 0 aliphatic heterocycles. The van der Waals surface area contributed by atoms with E-state index < -0.39 is 0 Å². The highest BCUT2D eigenvalue weighted by Gasteiger charge is 2.39. The van der Waals surface area contributed by atoms with Gasteiger partial charge in [-0.3, -0.25) is 4.98 Å². The lowest BCUT2D eigenvalue weighted by Crippen LogP contribution is -2.42. The molecule has 3 heteroatoms. The maximum Gasteiger partial charge on any atom is 0.0697 e. The van der Waals surface area contributed by atoms with Crippen LogP contribution in [0.4, 0.5) is 0 Å². The van der Waals surface area contributed by atoms with Crippen LogP contribution in [0.3, 0.4) is 0 Å². The van der Waals surface area contributed by atoms with Crippen LogP contribution in [0, 0.1) is 6.92 Å². The van der Waals surface area contributed by atoms with Gasteiger partial charge in [0.2, 0.25) is 0 Å². The predicted molar refractivity (Wildman–Crippen MR) is 73.6 cm³/mol. The van der Waals surface area contributed by atoms with Gasteiger partial charge in [0.1, 0.15) is 0 Å². The average Bonchev–Trinajstić information content (AvgIpc) is 2.32. The summed E-state index contributed by atoms with van der Waals surface area (Å²) in [6.45, 7) is 5.21. The molecule has 1 saturated carbocycles. The number of nitrogens with zero attached hydrogens (tertiary/aromatic N) is 1. The van der Waals surface area contributed by atoms with E-state index in [1.54, 1.807) is 0 Å². The van der Waals surface area contributed by atoms with Crippen molar-refractivity contribution >= 4 is 0 Å². The molecule has 1 N–H and O–H groups in total. The topological polar surface area (TPSA) is 34.1 Å². The van der Waals surface area contributed by atoms with E-state index in [-0.39, 0.29) is 5.60 Å². The van der Waals surface area contributed by atoms with Crippen LogP contribution in [0.25, 0.3) is 0 Å². The first-order valence-electron chi connectivity index (χ1n) is 6.89. The van der Waals surface area contributed by atoms with Crippen LogP contribution < -0.4 is 5.32 Å². The van der Waals surface area contributed by atoms with Gasteiger partial charge in [-0.2, -0.15) is 0 Å². The molecule has 1 heterocycles. The normalized spacial score (nSPS) is 19.3. The molecule has 1 aliphatic rings. The van der Waals surface area contributed by atoms with E-state index in [4.69, 9.17) is 4.74 Å². The number of nitrogens with one attached hydrogen (secondary N) is 1. The Morgan fingerprint density at radius 2 is 2.22 bits per heavy atom. The largest absolute Gasteiger partial charge is 0.378 e. The van der Waals surface area contributed by atoms with E-state index >= 15 is 0 Å². The Balaban J connectivity index is 2.12. The van der Waals surface area contributed by atoms with Crippen LogP contribution in [-0.2, 0) is 4.74 Å². The summed E-state index contributed by atoms with van der Waals surface area (Å²) < 4.78 is 5.74. The van der Waals surface area contributed by atoms with Gasteiger partial charge in [-0.1, -0.05) is 13.0 Å². The third kappa shape index (κ3) is 2.90. The lowest BCUT2D eigenvalue weighted by atomic mass is 9.74. The fourth-order valence-electron chi connectivity index (χ4n) is 2.76. The molecule has 0 spiro atoms. The Hall–Kier alpha value is -0.930. The van der Waals surface area contributed by atoms with E-state index in [2.05, 4.69) is 30.2 Å². The minimum absolute atomic E-state index is 0.0938. The van der Waals surface area contributed by atoms with Gasteiger partial charge in [-0.15, -0.1) is 0 Å². The number of rotatable bonds is 6. The fourth-order valence-corrected chi connectivity index (χ4v) is 2.76. The van der Waals surface area contributed by atoms with E-state index in [0.717, 1.165) is 13.0 Å². The minimum atomic E-state index is 0.0938. The molecule has 2 rings (SSSR count). The molecule has 1 atom stereocenters. The Morgan fingerprint density at radius 1 is 1.44 bits per heavy atom. The van der Waals surface area contributed by atoms with Gasteiger partial charge in [0, 0.05) is 25.5 Å². The zero-order valence-corrected chi connectivity index (χ0v) is 11.7. The van der Waals surface area contributed by atoms with Crippen molar-refractivity contribution in [2.45, 2.75) is 51.2 Å². The van der Waals surface area contributed by atoms with E-state index in [0.29, 0.717) is 6.04 Å². The van der Waals surface area contributed by atoms with Crippen LogP contribution >= 0.6 is 0 Å². The molecule has 100 valence electrons. The van der Waals surface area contributed by atoms with Gasteiger partial charge in [0.25, 0.3) is 0 Å². The molecule has 0 saturated heterocycles. The summed E-state index contributed by atoms with van der Waals surface area (Å²) in [5.74, 6) is 0. The zero-order chi connectivity index (χ0) is 13.0. The second kappa shape index (κ2) is 5.81. The number of hydrogen-bond acceptors (Lipinski definition) is 3. The molecule has 1 fully saturated rings. The molecule has 1 aliphatic carbocycles. The predicted octanol–water partition coefficient (Wildman–Crippen LogP) is 3.00. The van der Waals surface area contributed by atoms with Gasteiger partial charge < -0.3 is 10.1 Å². The molecule has 0 bridgehead atoms. The molecular weight excluding hydrogens is 224 g/mol. The summed E-state index contributed by atoms with van der Waals surface area (Å²) >= 11 is 0. The molecule has 18 heavy (non-hydrogen) atoms. The van der Waals surface area contributed by atoms with E-state index in [1.165, 1.54) is 30.4 Å². The first-order valence-corrected chi connectivity index (χ1v) is 6.89. The smallest absolute Gasteiger partial charge is 0.0697 e. The lowest BCUT2D eigenvalue weighted by Gasteiger charge is -2.43. The van der Waals surface area contributed by atoms with Crippen molar-refractivity contribution in [2.75, 3.05) is 13.7 Å². The number of aromatic nitrogens is 1. The summed E-state index contributed by atoms with van der Waals surface area (Å²) in [7, 11) is 1.84. The maximum atomic E-state index is 5.74. The van der Waals surface area contributed by atoms with Crippen molar-refractivity contribution < 1.29 is 4.74 Å². The third-order valence-corrected chi connectivity index (χ3v) is 4.02. The van der Waals surface area contributed by atoms with Gasteiger partial charge in [-0.05, 0) is 50.3 Å². The number of pyridine rings is 1. The van der Waals surface area contributed by atoms with Crippen molar-refractivity contribution in [2.24, 2.45) is 0 Å². The molecule has 0 radical (unpaired) electrons. The maximum absolute atomic E-state index is 5.74. The highest BCUT2D eigenvalue weighted by molar-refractivity contribution is 5.21. The zero-order valence-electron chi connectivity index (χ0n) is 11.7. The summed E-state index contributed by atoms with van der Waals surface area (Å²) in [5.41, 5.74) is 2.59. The molecule has 3 nitrogen and oxygen atoms in total. The Morgan fingerprint density at radius 3 is 2.72 bits per heavy atom. The number of methoxy groups -OCH3 is 1. The van der Waals surface area contributed by atoms with Crippen LogP contribution in [0.5, 0.6) is 0 Å². The summed E-state index contributed by atoms with van der Waals surface area (Å²) in [4.78, 5) is 4.31. The van der Waals surface area contributed by atoms with E-state index in [9.17, 15) is 0 Å². The first kappa shape index (κ1) is 13.5. The summed E-state index contributed by atoms with van der Waals surface area (Å²) in [6, 6.07) is 2.57. The first-order chi connectivity index (χ1) is 8.69. The fraction of sp³-hybridized carbons (Fsp3) is 0.667. The second-order valence-corrected chi connectivity index (χ2v) is 5.35. The van der Waals surface area contributed by atoms with Gasteiger partial charge >= 0.3 is 0 Å². The molecule has 0 amide bonds. The van der Waals surface area contributed by atoms with Crippen molar-refractivity contribution in [3.8, 4) is 0 Å². The lowest BCUT2D eigenvalue weighted by molar-refractivity contribution is -0.0837. The monoisotopic (exact) mass is 248 g/mol. The van der Waals surface area contributed by atoms with Crippen LogP contribution in [0.2, 0.25) is 0 Å². The quantitative estimate of drug-likeness (QED) is 0.840. The van der Waals surface area contributed by atoms with Crippen molar-refractivity contribution in [3.63, 3.8) is 0 Å². The summed E-state index contributed by atoms with van der Waals surface area (Å²) in [5, 5.41) is 3.56. The standard InChI is InChI=1S/C15H24N2O/c1-4-17-14(9-15(18-3)6-5-7-15)13-8-12(2)10-16-11-13/h8,10-11,14,17H,4-7,9H2,1-3H3. The molecule has 1 aromatic heterocycles. The highest BCUT2D eigenvalue weighted by atomic mass is 16.5. The minimum Gasteiger partial charge on any atom is -0.378 e.